The second-order valence-electron chi connectivity index (χ2n) is 7.96. The lowest BCUT2D eigenvalue weighted by molar-refractivity contribution is 0.0701. The molecule has 1 amide bonds. The molecule has 0 saturated carbocycles. The number of ether oxygens (including phenoxy) is 1. The lowest BCUT2D eigenvalue weighted by Gasteiger charge is -2.07. The predicted octanol–water partition coefficient (Wildman–Crippen LogP) is 6.37. The molecule has 0 spiro atoms. The van der Waals surface area contributed by atoms with E-state index in [-0.39, 0.29) is 11.5 Å². The number of esters is 1. The van der Waals surface area contributed by atoms with E-state index in [0.29, 0.717) is 21.8 Å². The zero-order chi connectivity index (χ0) is 25.1. The number of carbonyl (C=O) groups excluding carboxylic acids is 2. The van der Waals surface area contributed by atoms with Crippen LogP contribution in [0.5, 0.6) is 5.75 Å². The normalized spacial score (nSPS) is 11.2. The van der Waals surface area contributed by atoms with Gasteiger partial charge in [0.2, 0.25) is 5.76 Å². The van der Waals surface area contributed by atoms with Crippen molar-refractivity contribution in [1.82, 2.24) is 10.4 Å². The largest absolute Gasteiger partial charge is 0.457 e. The van der Waals surface area contributed by atoms with E-state index in [2.05, 4.69) is 15.5 Å². The van der Waals surface area contributed by atoms with Gasteiger partial charge in [0, 0.05) is 32.6 Å². The van der Waals surface area contributed by atoms with Crippen molar-refractivity contribution in [2.24, 2.45) is 5.10 Å². The number of hydrogen-bond donors (Lipinski definition) is 2. The third kappa shape index (κ3) is 4.52. The number of nitrogens with one attached hydrogen (secondary N) is 2. The number of fused-ring (bicyclic) bond motifs is 1. The van der Waals surface area contributed by atoms with Crippen LogP contribution in [-0.4, -0.2) is 23.1 Å². The predicted molar refractivity (Wildman–Crippen MR) is 139 cm³/mol. The minimum atomic E-state index is -0.636. The Bertz CT molecular complexity index is 1600. The number of para-hydroxylation sites is 2. The second kappa shape index (κ2) is 9.93. The maximum Gasteiger partial charge on any atom is 0.379 e. The van der Waals surface area contributed by atoms with Crippen molar-refractivity contribution in [3.63, 3.8) is 0 Å². The number of nitrogens with zero attached hydrogens (tertiary/aromatic N) is 1. The summed E-state index contributed by atoms with van der Waals surface area (Å²) in [6, 6.07) is 23.2. The molecule has 2 N–H and O–H groups in total. The Morgan fingerprint density at radius 1 is 1.00 bits per heavy atom. The van der Waals surface area contributed by atoms with Gasteiger partial charge in [-0.15, -0.1) is 0 Å². The molecule has 0 atom stereocenters. The van der Waals surface area contributed by atoms with Gasteiger partial charge in [-0.3, -0.25) is 4.79 Å². The zero-order valence-electron chi connectivity index (χ0n) is 19.1. The van der Waals surface area contributed by atoms with Gasteiger partial charge in [-0.05, 0) is 42.8 Å². The molecule has 2 aromatic heterocycles. The Morgan fingerprint density at radius 2 is 1.81 bits per heavy atom. The average molecular weight is 498 g/mol. The number of furan rings is 1. The first-order valence-corrected chi connectivity index (χ1v) is 11.4. The molecule has 3 aromatic carbocycles. The highest BCUT2D eigenvalue weighted by molar-refractivity contribution is 6.34. The van der Waals surface area contributed by atoms with Crippen molar-refractivity contribution in [1.29, 1.82) is 0 Å². The molecule has 0 unspecified atom stereocenters. The average Bonchev–Trinajstić information content (AvgIpc) is 3.55. The standard InChI is InChI=1S/C28H20ClN3O4/c1-17-8-6-11-20-24(19-10-3-4-12-21(19)29)26(31-25(17)20)27(33)32-30-16-18-9-2-5-13-22(18)36-28(34)23-14-7-15-35-23/h2-16,31H,1H3,(H,32,33). The number of aryl methyl sites for hydroxylation is 1. The molecule has 36 heavy (non-hydrogen) atoms. The number of hydrogen-bond acceptors (Lipinski definition) is 5. The minimum Gasteiger partial charge on any atom is -0.457 e. The highest BCUT2D eigenvalue weighted by Crippen LogP contribution is 2.37. The molecule has 0 fully saturated rings. The fourth-order valence-electron chi connectivity index (χ4n) is 3.92. The Kier molecular flexibility index (Phi) is 6.38. The van der Waals surface area contributed by atoms with Gasteiger partial charge in [-0.1, -0.05) is 60.1 Å². The molecule has 5 rings (SSSR count). The number of H-pyrrole nitrogens is 1. The lowest BCUT2D eigenvalue weighted by atomic mass is 10.0. The molecule has 8 heteroatoms. The van der Waals surface area contributed by atoms with E-state index >= 15 is 0 Å². The summed E-state index contributed by atoms with van der Waals surface area (Å²) in [6.07, 6.45) is 2.80. The molecule has 0 aliphatic rings. The zero-order valence-corrected chi connectivity index (χ0v) is 19.9. The number of aromatic amines is 1. The lowest BCUT2D eigenvalue weighted by Crippen LogP contribution is -2.19. The molecule has 178 valence electrons. The van der Waals surface area contributed by atoms with Crippen LogP contribution in [0.3, 0.4) is 0 Å². The summed E-state index contributed by atoms with van der Waals surface area (Å²) in [7, 11) is 0. The van der Waals surface area contributed by atoms with Gasteiger partial charge in [0.05, 0.1) is 12.5 Å². The smallest absolute Gasteiger partial charge is 0.379 e. The molecular weight excluding hydrogens is 478 g/mol. The van der Waals surface area contributed by atoms with Crippen LogP contribution in [0, 0.1) is 6.92 Å². The Morgan fingerprint density at radius 3 is 2.61 bits per heavy atom. The summed E-state index contributed by atoms with van der Waals surface area (Å²) in [6.45, 7) is 1.97. The van der Waals surface area contributed by atoms with E-state index < -0.39 is 11.9 Å². The van der Waals surface area contributed by atoms with Gasteiger partial charge in [-0.25, -0.2) is 10.2 Å². The summed E-state index contributed by atoms with van der Waals surface area (Å²) in [5, 5.41) is 5.52. The number of benzene rings is 3. The highest BCUT2D eigenvalue weighted by Gasteiger charge is 2.21. The molecule has 7 nitrogen and oxygen atoms in total. The molecular formula is C28H20ClN3O4. The van der Waals surface area contributed by atoms with E-state index in [1.165, 1.54) is 18.5 Å². The fourth-order valence-corrected chi connectivity index (χ4v) is 4.15. The van der Waals surface area contributed by atoms with Crippen LogP contribution >= 0.6 is 11.6 Å². The Hall–Kier alpha value is -4.62. The maximum atomic E-state index is 13.2. The monoisotopic (exact) mass is 497 g/mol. The van der Waals surface area contributed by atoms with E-state index in [9.17, 15) is 9.59 Å². The van der Waals surface area contributed by atoms with Gasteiger partial charge in [0.1, 0.15) is 11.4 Å². The first-order valence-electron chi connectivity index (χ1n) is 11.1. The molecule has 5 aromatic rings. The van der Waals surface area contributed by atoms with Crippen molar-refractivity contribution in [2.45, 2.75) is 6.92 Å². The van der Waals surface area contributed by atoms with E-state index in [4.69, 9.17) is 20.8 Å². The summed E-state index contributed by atoms with van der Waals surface area (Å²) >= 11 is 6.49. The van der Waals surface area contributed by atoms with Crippen LogP contribution in [0.4, 0.5) is 0 Å². The summed E-state index contributed by atoms with van der Waals surface area (Å²) in [5.41, 5.74) is 6.67. The third-order valence-electron chi connectivity index (χ3n) is 5.63. The molecule has 0 aliphatic carbocycles. The topological polar surface area (TPSA) is 96.7 Å². The van der Waals surface area contributed by atoms with Crippen LogP contribution in [0.1, 0.15) is 32.2 Å². The highest BCUT2D eigenvalue weighted by atomic mass is 35.5. The van der Waals surface area contributed by atoms with E-state index in [1.54, 1.807) is 36.4 Å². The number of amides is 1. The van der Waals surface area contributed by atoms with Crippen LogP contribution in [0.25, 0.3) is 22.0 Å². The van der Waals surface area contributed by atoms with Crippen molar-refractivity contribution < 1.29 is 18.7 Å². The summed E-state index contributed by atoms with van der Waals surface area (Å²) < 4.78 is 10.5. The minimum absolute atomic E-state index is 0.0799. The van der Waals surface area contributed by atoms with E-state index in [0.717, 1.165) is 22.0 Å². The molecule has 0 bridgehead atoms. The SMILES string of the molecule is Cc1cccc2c(-c3ccccc3Cl)c(C(=O)NN=Cc3ccccc3OC(=O)c3ccco3)[nH]c12. The molecule has 0 aliphatic heterocycles. The van der Waals surface area contributed by atoms with Gasteiger partial charge in [-0.2, -0.15) is 5.10 Å². The summed E-state index contributed by atoms with van der Waals surface area (Å²) in [5.74, 6) is -0.726. The number of carbonyl (C=O) groups is 2. The van der Waals surface area contributed by atoms with Gasteiger partial charge < -0.3 is 14.1 Å². The van der Waals surface area contributed by atoms with Crippen molar-refractivity contribution >= 4 is 40.6 Å². The molecule has 0 saturated heterocycles. The van der Waals surface area contributed by atoms with E-state index in [1.807, 2.05) is 43.3 Å². The number of hydrazone groups is 1. The quantitative estimate of drug-likeness (QED) is 0.123. The van der Waals surface area contributed by atoms with Crippen molar-refractivity contribution in [2.75, 3.05) is 0 Å². The number of aromatic nitrogens is 1. The number of rotatable bonds is 6. The van der Waals surface area contributed by atoms with Gasteiger partial charge in [0.25, 0.3) is 5.91 Å². The first kappa shape index (κ1) is 23.1. The maximum absolute atomic E-state index is 13.2. The van der Waals surface area contributed by atoms with Gasteiger partial charge >= 0.3 is 5.97 Å². The van der Waals surface area contributed by atoms with Crippen molar-refractivity contribution in [3.8, 4) is 16.9 Å². The molecule has 2 heterocycles. The molecule has 0 radical (unpaired) electrons. The second-order valence-corrected chi connectivity index (χ2v) is 8.36. The first-order chi connectivity index (χ1) is 17.5. The Labute approximate surface area is 211 Å². The van der Waals surface area contributed by atoms with Gasteiger partial charge in [0.15, 0.2) is 0 Å². The third-order valence-corrected chi connectivity index (χ3v) is 5.96. The van der Waals surface area contributed by atoms with Crippen LogP contribution in [-0.2, 0) is 0 Å². The fraction of sp³-hybridized carbons (Fsp3) is 0.0357. The van der Waals surface area contributed by atoms with Crippen LogP contribution < -0.4 is 10.2 Å². The van der Waals surface area contributed by atoms with Crippen molar-refractivity contribution in [3.05, 3.63) is 113 Å². The van der Waals surface area contributed by atoms with Crippen LogP contribution in [0.2, 0.25) is 5.02 Å². The number of halogens is 1. The Balaban J connectivity index is 1.43. The summed E-state index contributed by atoms with van der Waals surface area (Å²) in [4.78, 5) is 28.7. The van der Waals surface area contributed by atoms with Crippen LogP contribution in [0.15, 0.2) is 94.6 Å².